The van der Waals surface area contributed by atoms with Crippen LogP contribution < -0.4 is 5.32 Å². The highest BCUT2D eigenvalue weighted by Crippen LogP contribution is 2.37. The maximum absolute atomic E-state index is 13.5. The first-order valence-corrected chi connectivity index (χ1v) is 18.1. The van der Waals surface area contributed by atoms with E-state index < -0.39 is 98.5 Å². The van der Waals surface area contributed by atoms with Crippen LogP contribution in [0.25, 0.3) is 0 Å². The van der Waals surface area contributed by atoms with E-state index in [1.807, 2.05) is 91.0 Å². The molecule has 0 unspecified atom stereocenters. The number of methoxy groups -OCH3 is 2. The Balaban J connectivity index is 1.49. The van der Waals surface area contributed by atoms with Crippen LogP contribution in [0.5, 0.6) is 0 Å². The number of nitrogens with one attached hydrogen (secondary N) is 1. The Labute approximate surface area is 320 Å². The van der Waals surface area contributed by atoms with E-state index in [0.29, 0.717) is 0 Å². The number of rotatable bonds is 18. The van der Waals surface area contributed by atoms with Gasteiger partial charge in [0, 0.05) is 20.5 Å². The first-order chi connectivity index (χ1) is 26.6. The van der Waals surface area contributed by atoms with Crippen molar-refractivity contribution in [1.82, 2.24) is 5.32 Å². The third-order valence-corrected chi connectivity index (χ3v) is 9.52. The largest absolute Gasteiger partial charge is 0.465 e. The van der Waals surface area contributed by atoms with Crippen molar-refractivity contribution >= 4 is 11.9 Å². The van der Waals surface area contributed by atoms with Crippen molar-refractivity contribution < 1.29 is 67.9 Å². The quantitative estimate of drug-likeness (QED) is 0.116. The number of amides is 1. The van der Waals surface area contributed by atoms with Crippen LogP contribution in [0.2, 0.25) is 0 Å². The molecule has 0 saturated carbocycles. The van der Waals surface area contributed by atoms with Gasteiger partial charge in [0.05, 0.1) is 52.3 Å². The molecular formula is C40H51NO14. The van der Waals surface area contributed by atoms with Crippen LogP contribution >= 0.6 is 0 Å². The molecule has 2 saturated heterocycles. The zero-order chi connectivity index (χ0) is 39.4. The molecule has 1 amide bonds. The number of carbonyl (C=O) groups excluding carboxylic acids is 2. The lowest BCUT2D eigenvalue weighted by molar-refractivity contribution is -0.347. The minimum absolute atomic E-state index is 0.128. The Hall–Kier alpha value is -3.84. The summed E-state index contributed by atoms with van der Waals surface area (Å²) in [5, 5.41) is 44.7. The number of hydrogen-bond donors (Lipinski definition) is 5. The van der Waals surface area contributed by atoms with Crippen LogP contribution in [0, 0.1) is 0 Å². The smallest absolute Gasteiger partial charge is 0.366 e. The predicted molar refractivity (Wildman–Crippen MR) is 194 cm³/mol. The molecule has 55 heavy (non-hydrogen) atoms. The van der Waals surface area contributed by atoms with Gasteiger partial charge < -0.3 is 63.6 Å². The maximum Gasteiger partial charge on any atom is 0.366 e. The van der Waals surface area contributed by atoms with Gasteiger partial charge in [-0.25, -0.2) is 4.79 Å². The SMILES string of the molecule is COC(=O)[C@@]1(OC[C@H]2O[C@@H](OC)[C@H](OCc3ccccc3)[C@@H](OCc3ccccc3)[C@H]2OCc2ccccc2)C[C@H](O)[C@@H](NC(C)=O)[C@H]([C@H](O)[C@H](O)CO)O1. The van der Waals surface area contributed by atoms with Crippen LogP contribution in [-0.2, 0) is 67.3 Å². The molecule has 2 fully saturated rings. The van der Waals surface area contributed by atoms with Gasteiger partial charge in [-0.15, -0.1) is 0 Å². The van der Waals surface area contributed by atoms with Crippen LogP contribution in [0.1, 0.15) is 30.0 Å². The molecule has 15 nitrogen and oxygen atoms in total. The van der Waals surface area contributed by atoms with E-state index in [4.69, 9.17) is 37.9 Å². The van der Waals surface area contributed by atoms with Crippen molar-refractivity contribution in [3.05, 3.63) is 108 Å². The average molecular weight is 770 g/mol. The second-order valence-corrected chi connectivity index (χ2v) is 13.4. The van der Waals surface area contributed by atoms with Gasteiger partial charge in [0.2, 0.25) is 5.91 Å². The lowest BCUT2D eigenvalue weighted by Gasteiger charge is -2.48. The molecule has 0 aliphatic carbocycles. The second-order valence-electron chi connectivity index (χ2n) is 13.4. The molecule has 5 rings (SSSR count). The normalized spacial score (nSPS) is 29.2. The first kappa shape index (κ1) is 42.3. The van der Waals surface area contributed by atoms with Crippen molar-refractivity contribution in [1.29, 1.82) is 0 Å². The van der Waals surface area contributed by atoms with Crippen molar-refractivity contribution in [3.8, 4) is 0 Å². The molecule has 2 heterocycles. The molecule has 15 heteroatoms. The lowest BCUT2D eigenvalue weighted by atomic mass is 9.88. The van der Waals surface area contributed by atoms with E-state index in [1.54, 1.807) is 0 Å². The molecule has 11 atom stereocenters. The zero-order valence-electron chi connectivity index (χ0n) is 31.0. The van der Waals surface area contributed by atoms with Gasteiger partial charge in [-0.2, -0.15) is 0 Å². The number of carbonyl (C=O) groups is 2. The minimum Gasteiger partial charge on any atom is -0.465 e. The molecule has 0 radical (unpaired) electrons. The Kier molecular flexibility index (Phi) is 15.7. The number of benzene rings is 3. The average Bonchev–Trinajstić information content (AvgIpc) is 3.21. The number of esters is 1. The number of hydrogen-bond acceptors (Lipinski definition) is 14. The predicted octanol–water partition coefficient (Wildman–Crippen LogP) is 1.37. The monoisotopic (exact) mass is 769 g/mol. The minimum atomic E-state index is -2.39. The summed E-state index contributed by atoms with van der Waals surface area (Å²) in [4.78, 5) is 25.6. The van der Waals surface area contributed by atoms with Crippen LogP contribution in [0.3, 0.4) is 0 Å². The van der Waals surface area contributed by atoms with Gasteiger partial charge in [0.25, 0.3) is 5.79 Å². The maximum atomic E-state index is 13.5. The van der Waals surface area contributed by atoms with E-state index in [0.717, 1.165) is 23.8 Å². The second kappa shape index (κ2) is 20.4. The summed E-state index contributed by atoms with van der Waals surface area (Å²) < 4.78 is 49.4. The molecule has 3 aromatic carbocycles. The third kappa shape index (κ3) is 10.9. The molecule has 0 aromatic heterocycles. The van der Waals surface area contributed by atoms with Gasteiger partial charge >= 0.3 is 5.97 Å². The van der Waals surface area contributed by atoms with Crippen LogP contribution in [0.15, 0.2) is 91.0 Å². The summed E-state index contributed by atoms with van der Waals surface area (Å²) in [6.07, 6.45) is -12.1. The number of aliphatic hydroxyl groups excluding tert-OH is 4. The van der Waals surface area contributed by atoms with Crippen LogP contribution in [-0.4, -0.2) is 127 Å². The van der Waals surface area contributed by atoms with E-state index in [2.05, 4.69) is 5.32 Å². The van der Waals surface area contributed by atoms with Gasteiger partial charge in [-0.1, -0.05) is 91.0 Å². The molecule has 3 aromatic rings. The highest BCUT2D eigenvalue weighted by atomic mass is 16.8. The fourth-order valence-corrected chi connectivity index (χ4v) is 6.71. The van der Waals surface area contributed by atoms with Gasteiger partial charge in [-0.05, 0) is 16.7 Å². The van der Waals surface area contributed by atoms with E-state index in [1.165, 1.54) is 14.0 Å². The summed E-state index contributed by atoms with van der Waals surface area (Å²) in [5.74, 6) is -4.05. The topological polar surface area (TPSA) is 201 Å². The molecule has 2 aliphatic heterocycles. The van der Waals surface area contributed by atoms with E-state index in [9.17, 15) is 30.0 Å². The van der Waals surface area contributed by atoms with E-state index >= 15 is 0 Å². The highest BCUT2D eigenvalue weighted by molar-refractivity contribution is 5.78. The summed E-state index contributed by atoms with van der Waals surface area (Å²) >= 11 is 0. The zero-order valence-corrected chi connectivity index (χ0v) is 31.0. The van der Waals surface area contributed by atoms with Gasteiger partial charge in [0.15, 0.2) is 6.29 Å². The molecule has 2 aliphatic rings. The molecule has 5 N–H and O–H groups in total. The molecule has 0 bridgehead atoms. The first-order valence-electron chi connectivity index (χ1n) is 18.1. The van der Waals surface area contributed by atoms with Crippen LogP contribution in [0.4, 0.5) is 0 Å². The molecular weight excluding hydrogens is 718 g/mol. The van der Waals surface area contributed by atoms with Crippen molar-refractivity contribution in [2.45, 2.75) is 100 Å². The Morgan fingerprint density at radius 3 is 1.80 bits per heavy atom. The Morgan fingerprint density at radius 1 is 0.818 bits per heavy atom. The fraction of sp³-hybridized carbons (Fsp3) is 0.500. The number of aliphatic hydroxyl groups is 4. The third-order valence-electron chi connectivity index (χ3n) is 9.52. The summed E-state index contributed by atoms with van der Waals surface area (Å²) in [5.41, 5.74) is 2.64. The number of ether oxygens (including phenoxy) is 8. The molecule has 0 spiro atoms. The summed E-state index contributed by atoms with van der Waals surface area (Å²) in [6.45, 7) is 0.360. The highest BCUT2D eigenvalue weighted by Gasteiger charge is 2.57. The van der Waals surface area contributed by atoms with Crippen molar-refractivity contribution in [3.63, 3.8) is 0 Å². The fourth-order valence-electron chi connectivity index (χ4n) is 6.71. The van der Waals surface area contributed by atoms with Crippen molar-refractivity contribution in [2.24, 2.45) is 0 Å². The summed E-state index contributed by atoms with van der Waals surface area (Å²) in [6, 6.07) is 27.2. The lowest BCUT2D eigenvalue weighted by Crippen LogP contribution is -2.68. The Morgan fingerprint density at radius 2 is 1.33 bits per heavy atom. The van der Waals surface area contributed by atoms with Crippen molar-refractivity contribution in [2.75, 3.05) is 27.4 Å². The summed E-state index contributed by atoms with van der Waals surface area (Å²) in [7, 11) is 2.54. The Bertz CT molecular complexity index is 1600. The van der Waals surface area contributed by atoms with Gasteiger partial charge in [-0.3, -0.25) is 4.79 Å². The molecule has 300 valence electrons. The standard InChI is InChI=1S/C40H51NO14/c1-25(43)41-32-29(44)19-40(39(47)49-3,55-35(32)33(46)30(45)20-42)53-24-31-34(50-21-26-13-7-4-8-14-26)36(51-22-27-15-9-5-10-16-27)37(38(48-2)54-31)52-23-28-17-11-6-12-18-28/h4-18,29-38,42,44-46H,19-24H2,1-3H3,(H,41,43)/t29-,30+,31+,32+,33+,34-,35+,36-,37+,38+,40+/m0/s1. The van der Waals surface area contributed by atoms with E-state index in [-0.39, 0.29) is 19.8 Å². The van der Waals surface area contributed by atoms with Gasteiger partial charge in [0.1, 0.15) is 42.7 Å².